The summed E-state index contributed by atoms with van der Waals surface area (Å²) in [7, 11) is 0. The highest BCUT2D eigenvalue weighted by Gasteiger charge is 2.41. The first-order chi connectivity index (χ1) is 18.1. The number of anilines is 2. The van der Waals surface area contributed by atoms with Gasteiger partial charge >= 0.3 is 0 Å². The van der Waals surface area contributed by atoms with Crippen LogP contribution in [0.2, 0.25) is 0 Å². The zero-order valence-corrected chi connectivity index (χ0v) is 20.9. The highest BCUT2D eigenvalue weighted by Crippen LogP contribution is 2.37. The maximum atomic E-state index is 13.0. The normalized spacial score (nSPS) is 23.8. The van der Waals surface area contributed by atoms with Crippen LogP contribution >= 0.6 is 0 Å². The van der Waals surface area contributed by atoms with E-state index in [1.54, 1.807) is 10.9 Å². The summed E-state index contributed by atoms with van der Waals surface area (Å²) in [5.41, 5.74) is 4.86. The zero-order valence-electron chi connectivity index (χ0n) is 20.9. The molecule has 37 heavy (non-hydrogen) atoms. The van der Waals surface area contributed by atoms with Crippen molar-refractivity contribution in [2.45, 2.75) is 44.9 Å². The van der Waals surface area contributed by atoms with E-state index in [2.05, 4.69) is 58.3 Å². The molecule has 10 nitrogen and oxygen atoms in total. The first-order valence-electron chi connectivity index (χ1n) is 12.9. The number of rotatable bonds is 4. The summed E-state index contributed by atoms with van der Waals surface area (Å²) in [4.78, 5) is 22.2. The molecule has 190 valence electrons. The van der Waals surface area contributed by atoms with Crippen LogP contribution < -0.4 is 9.80 Å². The van der Waals surface area contributed by atoms with Crippen LogP contribution in [-0.2, 0) is 14.3 Å². The Morgan fingerprint density at radius 3 is 2.86 bits per heavy atom. The van der Waals surface area contributed by atoms with Crippen molar-refractivity contribution in [2.24, 2.45) is 0 Å². The van der Waals surface area contributed by atoms with Crippen molar-refractivity contribution in [3.8, 4) is 16.9 Å². The van der Waals surface area contributed by atoms with E-state index >= 15 is 0 Å². The molecule has 3 aromatic heterocycles. The molecule has 3 atom stereocenters. The van der Waals surface area contributed by atoms with Crippen LogP contribution in [0, 0.1) is 6.92 Å². The average molecular weight is 500 g/mol. The second-order valence-electron chi connectivity index (χ2n) is 10.1. The monoisotopic (exact) mass is 499 g/mol. The molecule has 0 saturated carbocycles. The van der Waals surface area contributed by atoms with E-state index in [1.807, 2.05) is 17.2 Å². The minimum Gasteiger partial charge on any atom is -0.377 e. The third kappa shape index (κ3) is 3.70. The summed E-state index contributed by atoms with van der Waals surface area (Å²) < 4.78 is 13.3. The second-order valence-corrected chi connectivity index (χ2v) is 10.1. The molecule has 1 aromatic carbocycles. The molecular weight excluding hydrogens is 470 g/mol. The molecule has 2 bridgehead atoms. The predicted octanol–water partition coefficient (Wildman–Crippen LogP) is 3.24. The lowest BCUT2D eigenvalue weighted by molar-refractivity contribution is -0.133. The van der Waals surface area contributed by atoms with Crippen LogP contribution in [0.4, 0.5) is 11.5 Å². The number of nitrogens with zero attached hydrogens (tertiary/aromatic N) is 6. The van der Waals surface area contributed by atoms with Crippen LogP contribution in [0.25, 0.3) is 28.0 Å². The number of hydrogen-bond donors (Lipinski definition) is 1. The Morgan fingerprint density at radius 1 is 1.14 bits per heavy atom. The number of amides is 1. The van der Waals surface area contributed by atoms with Gasteiger partial charge in [-0.25, -0.2) is 4.98 Å². The van der Waals surface area contributed by atoms with Crippen molar-refractivity contribution in [1.29, 1.82) is 0 Å². The van der Waals surface area contributed by atoms with E-state index in [1.165, 1.54) is 0 Å². The summed E-state index contributed by atoms with van der Waals surface area (Å²) >= 11 is 0. The van der Waals surface area contributed by atoms with Crippen LogP contribution in [0.5, 0.6) is 0 Å². The van der Waals surface area contributed by atoms with Crippen LogP contribution in [0.3, 0.4) is 0 Å². The van der Waals surface area contributed by atoms with Gasteiger partial charge in [-0.1, -0.05) is 6.07 Å². The lowest BCUT2D eigenvalue weighted by atomic mass is 9.99. The summed E-state index contributed by atoms with van der Waals surface area (Å²) in [6, 6.07) is 10.6. The molecule has 0 aliphatic carbocycles. The molecule has 0 spiro atoms. The van der Waals surface area contributed by atoms with Crippen LogP contribution in [0.15, 0.2) is 42.7 Å². The molecular formula is C27H29N7O3. The SMILES string of the molecule is Cc1cc(-c2cc(N3CCOC[C@H]3C)nc3c2cnn3-c2cc[nH]n2)ccc1N1CC2CCC(O2)C1=O. The van der Waals surface area contributed by atoms with Crippen molar-refractivity contribution < 1.29 is 14.3 Å². The highest BCUT2D eigenvalue weighted by molar-refractivity contribution is 5.99. The molecule has 0 radical (unpaired) electrons. The van der Waals surface area contributed by atoms with Gasteiger partial charge in [0.1, 0.15) is 11.9 Å². The smallest absolute Gasteiger partial charge is 0.256 e. The van der Waals surface area contributed by atoms with Gasteiger partial charge in [-0.2, -0.15) is 14.9 Å². The van der Waals surface area contributed by atoms with E-state index in [-0.39, 0.29) is 24.2 Å². The van der Waals surface area contributed by atoms with Crippen molar-refractivity contribution in [3.63, 3.8) is 0 Å². The number of hydrogen-bond acceptors (Lipinski definition) is 7. The topological polar surface area (TPSA) is 101 Å². The molecule has 4 aromatic rings. The van der Waals surface area contributed by atoms with Crippen molar-refractivity contribution in [1.82, 2.24) is 25.0 Å². The molecule has 7 rings (SSSR count). The summed E-state index contributed by atoms with van der Waals surface area (Å²) in [5, 5.41) is 12.8. The Bertz CT molecular complexity index is 1480. The average Bonchev–Trinajstić information content (AvgIpc) is 3.66. The Balaban J connectivity index is 1.34. The second kappa shape index (κ2) is 8.67. The van der Waals surface area contributed by atoms with Crippen molar-refractivity contribution in [2.75, 3.05) is 36.1 Å². The van der Waals surface area contributed by atoms with Gasteiger partial charge in [0.15, 0.2) is 11.5 Å². The number of pyridine rings is 1. The fourth-order valence-corrected chi connectivity index (χ4v) is 5.81. The molecule has 2 unspecified atom stereocenters. The first kappa shape index (κ1) is 22.4. The van der Waals surface area contributed by atoms with Crippen molar-refractivity contribution in [3.05, 3.63) is 48.3 Å². The van der Waals surface area contributed by atoms with Crippen molar-refractivity contribution >= 4 is 28.4 Å². The standard InChI is InChI=1S/C27H29N7O3/c1-16-11-18(3-5-22(16)33-14-19-4-6-23(37-19)27(33)35)20-12-25(32-9-10-36-15-17(32)2)30-26-21(20)13-29-34(26)24-7-8-28-31-24/h3,5,7-8,11-13,17,19,23H,4,6,9-10,14-15H2,1-2H3,(H,28,31)/t17-,19?,23?/m1/s1. The predicted molar refractivity (Wildman–Crippen MR) is 139 cm³/mol. The maximum absolute atomic E-state index is 13.0. The van der Waals surface area contributed by atoms with Crippen LogP contribution in [-0.4, -0.2) is 75.4 Å². The van der Waals surface area contributed by atoms with E-state index in [9.17, 15) is 4.79 Å². The van der Waals surface area contributed by atoms with E-state index in [4.69, 9.17) is 14.5 Å². The molecule has 3 fully saturated rings. The van der Waals surface area contributed by atoms with Crippen LogP contribution in [0.1, 0.15) is 25.3 Å². The largest absolute Gasteiger partial charge is 0.377 e. The van der Waals surface area contributed by atoms with Gasteiger partial charge in [-0.05, 0) is 61.6 Å². The maximum Gasteiger partial charge on any atom is 0.256 e. The number of fused-ring (bicyclic) bond motifs is 3. The number of ether oxygens (including phenoxy) is 2. The van der Waals surface area contributed by atoms with E-state index < -0.39 is 0 Å². The van der Waals surface area contributed by atoms with Gasteiger partial charge in [-0.15, -0.1) is 0 Å². The third-order valence-electron chi connectivity index (χ3n) is 7.73. The number of aryl methyl sites for hydroxylation is 1. The summed E-state index contributed by atoms with van der Waals surface area (Å²) in [5.74, 6) is 1.64. The van der Waals surface area contributed by atoms with Gasteiger partial charge in [-0.3, -0.25) is 9.89 Å². The minimum absolute atomic E-state index is 0.0692. The van der Waals surface area contributed by atoms with Gasteiger partial charge in [0.25, 0.3) is 5.91 Å². The summed E-state index contributed by atoms with van der Waals surface area (Å²) in [6.45, 7) is 6.94. The highest BCUT2D eigenvalue weighted by atomic mass is 16.5. The fraction of sp³-hybridized carbons (Fsp3) is 0.407. The number of morpholine rings is 2. The number of aromatic nitrogens is 5. The summed E-state index contributed by atoms with van der Waals surface area (Å²) in [6.07, 6.45) is 5.22. The molecule has 1 amide bonds. The minimum atomic E-state index is -0.302. The number of carbonyl (C=O) groups is 1. The van der Waals surface area contributed by atoms with E-state index in [0.29, 0.717) is 25.6 Å². The zero-order chi connectivity index (χ0) is 25.1. The molecule has 1 N–H and O–H groups in total. The molecule has 6 heterocycles. The van der Waals surface area contributed by atoms with Gasteiger partial charge in [0, 0.05) is 29.9 Å². The third-order valence-corrected chi connectivity index (χ3v) is 7.73. The number of H-pyrrole nitrogens is 1. The number of carbonyl (C=O) groups excluding carboxylic acids is 1. The first-order valence-corrected chi connectivity index (χ1v) is 12.9. The lowest BCUT2D eigenvalue weighted by Crippen LogP contribution is -2.47. The Labute approximate surface area is 214 Å². The Hall–Kier alpha value is -3.76. The number of aromatic amines is 1. The Kier molecular flexibility index (Phi) is 5.26. The molecule has 3 aliphatic heterocycles. The van der Waals surface area contributed by atoms with Gasteiger partial charge < -0.3 is 19.3 Å². The van der Waals surface area contributed by atoms with E-state index in [0.717, 1.165) is 58.6 Å². The lowest BCUT2D eigenvalue weighted by Gasteiger charge is -2.34. The quantitative estimate of drug-likeness (QED) is 0.460. The molecule has 3 aliphatic rings. The number of benzene rings is 1. The van der Waals surface area contributed by atoms with Gasteiger partial charge in [0.2, 0.25) is 0 Å². The fourth-order valence-electron chi connectivity index (χ4n) is 5.81. The van der Waals surface area contributed by atoms with Gasteiger partial charge in [0.05, 0.1) is 38.1 Å². The molecule has 3 saturated heterocycles. The molecule has 10 heteroatoms. The number of nitrogens with one attached hydrogen (secondary N) is 1. The Morgan fingerprint density at radius 2 is 2.05 bits per heavy atom.